The van der Waals surface area contributed by atoms with Gasteiger partial charge in [0.15, 0.2) is 0 Å². The Morgan fingerprint density at radius 2 is 1.96 bits per heavy atom. The predicted molar refractivity (Wildman–Crippen MR) is 105 cm³/mol. The molecule has 0 bridgehead atoms. The molecule has 2 aromatic carbocycles. The van der Waals surface area contributed by atoms with Crippen LogP contribution in [0, 0.1) is 11.2 Å². The molecule has 3 rings (SSSR count). The number of hydrogen-bond donors (Lipinski definition) is 2. The van der Waals surface area contributed by atoms with E-state index in [4.69, 9.17) is 4.74 Å². The van der Waals surface area contributed by atoms with Crippen molar-refractivity contribution in [2.45, 2.75) is 26.5 Å². The molecule has 1 unspecified atom stereocenters. The molecule has 2 aromatic rings. The zero-order chi connectivity index (χ0) is 20.1. The van der Waals surface area contributed by atoms with Gasteiger partial charge in [0.25, 0.3) is 0 Å². The normalized spacial score (nSPS) is 17.4. The molecule has 0 aromatic heterocycles. The second-order valence-corrected chi connectivity index (χ2v) is 8.00. The topological polar surface area (TPSA) is 61.8 Å². The van der Waals surface area contributed by atoms with Crippen molar-refractivity contribution in [2.75, 3.05) is 26.2 Å². The van der Waals surface area contributed by atoms with E-state index in [1.165, 1.54) is 6.07 Å². The van der Waals surface area contributed by atoms with Crippen LogP contribution in [0.15, 0.2) is 48.5 Å². The Hall–Kier alpha value is -2.44. The lowest BCUT2D eigenvalue weighted by Gasteiger charge is -2.26. The Morgan fingerprint density at radius 1 is 1.25 bits per heavy atom. The molecule has 1 atom stereocenters. The van der Waals surface area contributed by atoms with Gasteiger partial charge in [-0.25, -0.2) is 4.39 Å². The second kappa shape index (κ2) is 8.71. The van der Waals surface area contributed by atoms with Crippen molar-refractivity contribution < 1.29 is 19.0 Å². The largest absolute Gasteiger partial charge is 0.484 e. The van der Waals surface area contributed by atoms with Gasteiger partial charge in [0.2, 0.25) is 5.91 Å². The Morgan fingerprint density at radius 3 is 2.71 bits per heavy atom. The monoisotopic (exact) mass is 386 g/mol. The number of hydrogen-bond acceptors (Lipinski definition) is 4. The van der Waals surface area contributed by atoms with Crippen molar-refractivity contribution in [1.82, 2.24) is 10.2 Å². The first-order valence-electron chi connectivity index (χ1n) is 9.47. The molecule has 0 spiro atoms. The molecule has 6 heteroatoms. The zero-order valence-electron chi connectivity index (χ0n) is 16.3. The average Bonchev–Trinajstić information content (AvgIpc) is 2.85. The number of aliphatic hydroxyl groups excluding tert-OH is 1. The number of carbonyl (C=O) groups is 1. The van der Waals surface area contributed by atoms with E-state index < -0.39 is 6.10 Å². The number of aliphatic hydroxyl groups is 1. The van der Waals surface area contributed by atoms with E-state index >= 15 is 0 Å². The summed E-state index contributed by atoms with van der Waals surface area (Å²) >= 11 is 0. The van der Waals surface area contributed by atoms with Crippen LogP contribution in [0.4, 0.5) is 4.39 Å². The Kier molecular flexibility index (Phi) is 6.31. The number of rotatable bonds is 6. The summed E-state index contributed by atoms with van der Waals surface area (Å²) in [6.07, 6.45) is -0.508. The number of halogens is 1. The fourth-order valence-corrected chi connectivity index (χ4v) is 3.15. The van der Waals surface area contributed by atoms with E-state index in [9.17, 15) is 14.3 Å². The molecule has 150 valence electrons. The average molecular weight is 386 g/mol. The number of amides is 1. The van der Waals surface area contributed by atoms with E-state index in [2.05, 4.69) is 5.32 Å². The lowest BCUT2D eigenvalue weighted by Crippen LogP contribution is -2.42. The molecule has 1 amide bonds. The lowest BCUT2D eigenvalue weighted by atomic mass is 9.95. The van der Waals surface area contributed by atoms with Crippen LogP contribution in [0.3, 0.4) is 0 Å². The van der Waals surface area contributed by atoms with Gasteiger partial charge < -0.3 is 15.2 Å². The number of nitrogens with one attached hydrogen (secondary N) is 1. The van der Waals surface area contributed by atoms with E-state index in [0.717, 1.165) is 5.56 Å². The highest BCUT2D eigenvalue weighted by atomic mass is 19.1. The van der Waals surface area contributed by atoms with Gasteiger partial charge in [0, 0.05) is 42.8 Å². The van der Waals surface area contributed by atoms with Gasteiger partial charge >= 0.3 is 0 Å². The fraction of sp³-hybridized carbons (Fsp3) is 0.409. The first kappa shape index (κ1) is 20.3. The molecule has 0 aliphatic carbocycles. The van der Waals surface area contributed by atoms with Crippen LogP contribution in [-0.2, 0) is 11.3 Å². The Labute approximate surface area is 165 Å². The van der Waals surface area contributed by atoms with Crippen LogP contribution < -0.4 is 10.1 Å². The van der Waals surface area contributed by atoms with Crippen molar-refractivity contribution in [3.8, 4) is 5.75 Å². The van der Waals surface area contributed by atoms with Crippen molar-refractivity contribution in [2.24, 2.45) is 5.41 Å². The van der Waals surface area contributed by atoms with Crippen molar-refractivity contribution in [1.29, 1.82) is 0 Å². The molecule has 5 nitrogen and oxygen atoms in total. The summed E-state index contributed by atoms with van der Waals surface area (Å²) in [7, 11) is 0. The molecule has 1 heterocycles. The third kappa shape index (κ3) is 5.09. The molecule has 0 saturated carbocycles. The maximum atomic E-state index is 14.4. The lowest BCUT2D eigenvalue weighted by molar-refractivity contribution is -0.123. The molecule has 2 N–H and O–H groups in total. The molecular formula is C22H27FN2O3. The Balaban J connectivity index is 1.77. The summed E-state index contributed by atoms with van der Waals surface area (Å²) in [5, 5.41) is 12.2. The SMILES string of the molecule is CC(C)(CO)CNC(=O)CN1Cc2ccccc2OC(c2ccccc2F)C1. The van der Waals surface area contributed by atoms with Gasteiger partial charge in [-0.2, -0.15) is 0 Å². The summed E-state index contributed by atoms with van der Waals surface area (Å²) in [5.74, 6) is 0.259. The number of fused-ring (bicyclic) bond motifs is 1. The third-order valence-electron chi connectivity index (χ3n) is 4.87. The summed E-state index contributed by atoms with van der Waals surface area (Å²) < 4.78 is 20.5. The molecule has 28 heavy (non-hydrogen) atoms. The standard InChI is InChI=1S/C22H27FN2O3/c1-22(2,15-26)14-24-21(27)13-25-11-16-7-3-6-10-19(16)28-20(12-25)17-8-4-5-9-18(17)23/h3-10,20,26H,11-15H2,1-2H3,(H,24,27). The molecule has 1 aliphatic heterocycles. The van der Waals surface area contributed by atoms with Gasteiger partial charge in [-0.05, 0) is 12.1 Å². The maximum absolute atomic E-state index is 14.4. The van der Waals surface area contributed by atoms with Crippen LogP contribution >= 0.6 is 0 Å². The molecular weight excluding hydrogens is 359 g/mol. The van der Waals surface area contributed by atoms with E-state index in [1.54, 1.807) is 18.2 Å². The third-order valence-corrected chi connectivity index (χ3v) is 4.87. The van der Waals surface area contributed by atoms with E-state index in [1.807, 2.05) is 43.0 Å². The number of para-hydroxylation sites is 1. The second-order valence-electron chi connectivity index (χ2n) is 8.00. The smallest absolute Gasteiger partial charge is 0.234 e. The minimum absolute atomic E-state index is 0.00638. The van der Waals surface area contributed by atoms with E-state index in [0.29, 0.717) is 30.9 Å². The minimum Gasteiger partial charge on any atom is -0.484 e. The van der Waals surface area contributed by atoms with Crippen LogP contribution in [0.5, 0.6) is 5.75 Å². The van der Waals surface area contributed by atoms with Crippen molar-refractivity contribution in [3.63, 3.8) is 0 Å². The predicted octanol–water partition coefficient (Wildman–Crippen LogP) is 2.90. The fourth-order valence-electron chi connectivity index (χ4n) is 3.15. The van der Waals surface area contributed by atoms with Gasteiger partial charge in [-0.3, -0.25) is 9.69 Å². The summed E-state index contributed by atoms with van der Waals surface area (Å²) in [5.41, 5.74) is 1.07. The van der Waals surface area contributed by atoms with E-state index in [-0.39, 0.29) is 30.3 Å². The van der Waals surface area contributed by atoms with Crippen LogP contribution in [0.25, 0.3) is 0 Å². The first-order chi connectivity index (χ1) is 13.4. The number of carbonyl (C=O) groups excluding carboxylic acids is 1. The van der Waals surface area contributed by atoms with Crippen LogP contribution in [-0.4, -0.2) is 42.2 Å². The minimum atomic E-state index is -0.508. The molecule has 0 radical (unpaired) electrons. The highest BCUT2D eigenvalue weighted by molar-refractivity contribution is 5.78. The summed E-state index contributed by atoms with van der Waals surface area (Å²) in [6.45, 7) is 5.26. The van der Waals surface area contributed by atoms with Gasteiger partial charge in [-0.15, -0.1) is 0 Å². The van der Waals surface area contributed by atoms with Gasteiger partial charge in [0.05, 0.1) is 6.54 Å². The van der Waals surface area contributed by atoms with Crippen molar-refractivity contribution in [3.05, 3.63) is 65.5 Å². The molecule has 0 fully saturated rings. The summed E-state index contributed by atoms with van der Waals surface area (Å²) in [6, 6.07) is 14.2. The molecule has 0 saturated heterocycles. The number of benzene rings is 2. The number of ether oxygens (including phenoxy) is 1. The highest BCUT2D eigenvalue weighted by Crippen LogP contribution is 2.31. The number of nitrogens with zero attached hydrogens (tertiary/aromatic N) is 1. The van der Waals surface area contributed by atoms with Crippen LogP contribution in [0.1, 0.15) is 31.1 Å². The van der Waals surface area contributed by atoms with Crippen LogP contribution in [0.2, 0.25) is 0 Å². The molecule has 1 aliphatic rings. The van der Waals surface area contributed by atoms with Gasteiger partial charge in [-0.1, -0.05) is 50.2 Å². The summed E-state index contributed by atoms with van der Waals surface area (Å²) in [4.78, 5) is 14.4. The zero-order valence-corrected chi connectivity index (χ0v) is 16.3. The quantitative estimate of drug-likeness (QED) is 0.801. The van der Waals surface area contributed by atoms with Gasteiger partial charge in [0.1, 0.15) is 17.7 Å². The first-order valence-corrected chi connectivity index (χ1v) is 9.47. The van der Waals surface area contributed by atoms with Crippen molar-refractivity contribution >= 4 is 5.91 Å². The Bertz CT molecular complexity index is 825. The maximum Gasteiger partial charge on any atom is 0.234 e. The highest BCUT2D eigenvalue weighted by Gasteiger charge is 2.27.